The zero-order chi connectivity index (χ0) is 21.3. The first kappa shape index (κ1) is 21.2. The second kappa shape index (κ2) is 9.09. The van der Waals surface area contributed by atoms with Crippen molar-refractivity contribution in [2.45, 2.75) is 0 Å². The molecule has 3 heteroatoms. The number of hydrogen-bond acceptors (Lipinski definition) is 2. The van der Waals surface area contributed by atoms with Crippen molar-refractivity contribution in [2.24, 2.45) is 0 Å². The van der Waals surface area contributed by atoms with E-state index >= 15 is 0 Å². The molecule has 0 aliphatic carbocycles. The van der Waals surface area contributed by atoms with E-state index in [9.17, 15) is 0 Å². The van der Waals surface area contributed by atoms with Crippen molar-refractivity contribution in [1.82, 2.24) is 9.97 Å². The van der Waals surface area contributed by atoms with Gasteiger partial charge in [-0.3, -0.25) is 9.97 Å². The van der Waals surface area contributed by atoms with Gasteiger partial charge in [-0.15, -0.1) is 35.2 Å². The fourth-order valence-corrected chi connectivity index (χ4v) is 4.10. The van der Waals surface area contributed by atoms with Crippen molar-refractivity contribution in [3.63, 3.8) is 0 Å². The van der Waals surface area contributed by atoms with E-state index in [0.717, 1.165) is 49.6 Å². The normalized spacial score (nSPS) is 11.3. The molecule has 0 saturated carbocycles. The van der Waals surface area contributed by atoms with Gasteiger partial charge in [0.2, 0.25) is 0 Å². The van der Waals surface area contributed by atoms with Crippen LogP contribution in [0.15, 0.2) is 103 Å². The molecular formula is C30H18N2Pt. The van der Waals surface area contributed by atoms with Crippen molar-refractivity contribution in [3.8, 4) is 11.3 Å². The van der Waals surface area contributed by atoms with E-state index in [-0.39, 0.29) is 21.1 Å². The Morgan fingerprint density at radius 1 is 0.667 bits per heavy atom. The van der Waals surface area contributed by atoms with E-state index in [1.54, 1.807) is 0 Å². The minimum Gasteiger partial charge on any atom is -0.296 e. The van der Waals surface area contributed by atoms with Crippen molar-refractivity contribution in [3.05, 3.63) is 127 Å². The van der Waals surface area contributed by atoms with E-state index in [1.807, 2.05) is 36.5 Å². The van der Waals surface area contributed by atoms with E-state index < -0.39 is 0 Å². The standard InChI is InChI=1S/C30H18N2.Pt/c1-2-7-26-20-21(13-15-22(26)6-1)14-16-24-8-3-9-25-17-18-28(32-29(24)25)27-12-4-10-23-11-5-19-31-30(23)27;/h1-15,17-19H;/q-2;+2. The summed E-state index contributed by atoms with van der Waals surface area (Å²) in [5.74, 6) is 0. The molecule has 0 N–H and O–H groups in total. The molecule has 0 amide bonds. The van der Waals surface area contributed by atoms with E-state index in [2.05, 4.69) is 89.9 Å². The minimum absolute atomic E-state index is 0. The van der Waals surface area contributed by atoms with Crippen molar-refractivity contribution >= 4 is 38.7 Å². The molecule has 6 aromatic rings. The van der Waals surface area contributed by atoms with Crippen molar-refractivity contribution in [2.75, 3.05) is 0 Å². The molecule has 4 aromatic carbocycles. The van der Waals surface area contributed by atoms with Gasteiger partial charge in [-0.2, -0.15) is 23.8 Å². The van der Waals surface area contributed by atoms with Gasteiger partial charge in [0.25, 0.3) is 0 Å². The fraction of sp³-hybridized carbons (Fsp3) is 0. The van der Waals surface area contributed by atoms with Crippen LogP contribution < -0.4 is 0 Å². The first-order chi connectivity index (χ1) is 15.8. The number of nitrogens with zero attached hydrogens (tertiary/aromatic N) is 2. The van der Waals surface area contributed by atoms with Crippen LogP contribution in [-0.4, -0.2) is 9.97 Å². The monoisotopic (exact) mass is 601 g/mol. The molecule has 2 aromatic heterocycles. The van der Waals surface area contributed by atoms with Gasteiger partial charge in [-0.25, -0.2) is 6.08 Å². The van der Waals surface area contributed by atoms with Gasteiger partial charge >= 0.3 is 21.1 Å². The molecule has 0 unspecified atom stereocenters. The summed E-state index contributed by atoms with van der Waals surface area (Å²) >= 11 is 0. The molecule has 0 fully saturated rings. The number of aromatic nitrogens is 2. The first-order valence-corrected chi connectivity index (χ1v) is 10.6. The molecule has 0 aliphatic heterocycles. The van der Waals surface area contributed by atoms with Gasteiger partial charge < -0.3 is 0 Å². The molecule has 2 heterocycles. The van der Waals surface area contributed by atoms with Gasteiger partial charge in [-0.1, -0.05) is 60.0 Å². The van der Waals surface area contributed by atoms with Crippen LogP contribution in [0.25, 0.3) is 49.9 Å². The van der Waals surface area contributed by atoms with Gasteiger partial charge in [-0.05, 0) is 23.0 Å². The maximum Gasteiger partial charge on any atom is 2.00 e. The summed E-state index contributed by atoms with van der Waals surface area (Å²) in [7, 11) is 0. The van der Waals surface area contributed by atoms with E-state index in [0.29, 0.717) is 0 Å². The van der Waals surface area contributed by atoms with Crippen LogP contribution in [0.2, 0.25) is 0 Å². The summed E-state index contributed by atoms with van der Waals surface area (Å²) in [5.41, 5.74) is 5.79. The maximum absolute atomic E-state index is 5.03. The quantitative estimate of drug-likeness (QED) is 0.158. The molecule has 0 bridgehead atoms. The molecule has 0 saturated heterocycles. The third-order valence-electron chi connectivity index (χ3n) is 5.69. The van der Waals surface area contributed by atoms with E-state index in [1.165, 1.54) is 5.39 Å². The van der Waals surface area contributed by atoms with Crippen LogP contribution >= 0.6 is 0 Å². The summed E-state index contributed by atoms with van der Waals surface area (Å²) in [6.07, 6.45) is 7.26. The summed E-state index contributed by atoms with van der Waals surface area (Å²) in [5, 5.41) is 4.48. The van der Waals surface area contributed by atoms with Gasteiger partial charge in [0, 0.05) is 17.1 Å². The van der Waals surface area contributed by atoms with Crippen LogP contribution in [0, 0.1) is 12.1 Å². The van der Waals surface area contributed by atoms with Crippen molar-refractivity contribution < 1.29 is 21.1 Å². The Bertz CT molecular complexity index is 1630. The molecule has 33 heavy (non-hydrogen) atoms. The van der Waals surface area contributed by atoms with Crippen LogP contribution in [0.5, 0.6) is 0 Å². The van der Waals surface area contributed by atoms with Gasteiger partial charge in [0.1, 0.15) is 0 Å². The smallest absolute Gasteiger partial charge is 0.296 e. The molecule has 0 radical (unpaired) electrons. The zero-order valence-electron chi connectivity index (χ0n) is 17.6. The molecule has 158 valence electrons. The number of pyridine rings is 2. The Labute approximate surface area is 206 Å². The summed E-state index contributed by atoms with van der Waals surface area (Å²) in [6, 6.07) is 36.5. The molecule has 2 nitrogen and oxygen atoms in total. The Morgan fingerprint density at radius 3 is 2.36 bits per heavy atom. The predicted octanol–water partition coefficient (Wildman–Crippen LogP) is 7.27. The van der Waals surface area contributed by atoms with Gasteiger partial charge in [0.05, 0.1) is 11.2 Å². The molecular weight excluding hydrogens is 583 g/mol. The first-order valence-electron chi connectivity index (χ1n) is 10.6. The average Bonchev–Trinajstić information content (AvgIpc) is 2.86. The minimum atomic E-state index is 0. The van der Waals surface area contributed by atoms with Crippen LogP contribution in [0.4, 0.5) is 0 Å². The largest absolute Gasteiger partial charge is 2.00 e. The Hall–Kier alpha value is -3.61. The Kier molecular flexibility index (Phi) is 5.86. The van der Waals surface area contributed by atoms with E-state index in [4.69, 9.17) is 4.98 Å². The third kappa shape index (κ3) is 4.11. The SMILES string of the molecule is [C-](=Cc1[c-]c2ccccc2cc1)c1cccc2ccc(-c3cccc4cccnc34)nc12.[Pt+2]. The second-order valence-electron chi connectivity index (χ2n) is 7.74. The molecule has 0 aliphatic rings. The predicted molar refractivity (Wildman–Crippen MR) is 132 cm³/mol. The molecule has 0 atom stereocenters. The fourth-order valence-electron chi connectivity index (χ4n) is 4.10. The van der Waals surface area contributed by atoms with Crippen LogP contribution in [-0.2, 0) is 21.1 Å². The van der Waals surface area contributed by atoms with Crippen LogP contribution in [0.1, 0.15) is 11.1 Å². The average molecular weight is 602 g/mol. The van der Waals surface area contributed by atoms with Gasteiger partial charge in [0.15, 0.2) is 0 Å². The topological polar surface area (TPSA) is 25.8 Å². The maximum atomic E-state index is 5.03. The number of benzene rings is 4. The van der Waals surface area contributed by atoms with Crippen molar-refractivity contribution in [1.29, 1.82) is 0 Å². The summed E-state index contributed by atoms with van der Waals surface area (Å²) in [4.78, 5) is 9.62. The molecule has 6 rings (SSSR count). The molecule has 0 spiro atoms. The number of para-hydroxylation sites is 2. The third-order valence-corrected chi connectivity index (χ3v) is 5.69. The Balaban J connectivity index is 0.00000228. The zero-order valence-corrected chi connectivity index (χ0v) is 19.9. The van der Waals surface area contributed by atoms with Crippen LogP contribution in [0.3, 0.4) is 0 Å². The summed E-state index contributed by atoms with van der Waals surface area (Å²) < 4.78 is 0. The number of fused-ring (bicyclic) bond motifs is 3. The summed E-state index contributed by atoms with van der Waals surface area (Å²) in [6.45, 7) is 0. The number of hydrogen-bond donors (Lipinski definition) is 0. The second-order valence-corrected chi connectivity index (χ2v) is 7.74. The number of rotatable bonds is 3. The Morgan fingerprint density at radius 2 is 1.42 bits per heavy atom.